The molecule has 2 heterocycles. The predicted molar refractivity (Wildman–Crippen MR) is 89.1 cm³/mol. The molecule has 1 aliphatic rings. The number of carbonyl (C=O) groups excluding carboxylic acids is 1. The molecule has 3 rings (SSSR count). The number of aliphatic hydroxyl groups excluding tert-OH is 1. The molecule has 5 nitrogen and oxygen atoms in total. The van der Waals surface area contributed by atoms with Crippen LogP contribution in [-0.2, 0) is 0 Å². The molecule has 0 bridgehead atoms. The van der Waals surface area contributed by atoms with Crippen molar-refractivity contribution in [2.45, 2.75) is 25.0 Å². The van der Waals surface area contributed by atoms with Crippen LogP contribution >= 0.6 is 22.9 Å². The number of ether oxygens (including phenoxy) is 1. The lowest BCUT2D eigenvalue weighted by Gasteiger charge is -2.38. The van der Waals surface area contributed by atoms with Gasteiger partial charge in [0.05, 0.1) is 34.7 Å². The first-order chi connectivity index (χ1) is 11.1. The third-order valence-corrected chi connectivity index (χ3v) is 5.26. The number of methoxy groups -OCH3 is 1. The molecule has 7 heteroatoms. The largest absolute Gasteiger partial charge is 0.495 e. The molecule has 1 amide bonds. The minimum Gasteiger partial charge on any atom is -0.495 e. The van der Waals surface area contributed by atoms with Crippen LogP contribution in [0.1, 0.15) is 34.1 Å². The molecule has 2 aromatic rings. The summed E-state index contributed by atoms with van der Waals surface area (Å²) in [4.78, 5) is 17.2. The summed E-state index contributed by atoms with van der Waals surface area (Å²) in [6, 6.07) is 5.06. The minimum absolute atomic E-state index is 0.170. The van der Waals surface area contributed by atoms with Gasteiger partial charge in [0.15, 0.2) is 0 Å². The average molecular weight is 353 g/mol. The van der Waals surface area contributed by atoms with Gasteiger partial charge in [0.2, 0.25) is 0 Å². The number of nitrogens with one attached hydrogen (secondary N) is 1. The maximum atomic E-state index is 12.4. The van der Waals surface area contributed by atoms with E-state index < -0.39 is 0 Å². The van der Waals surface area contributed by atoms with E-state index >= 15 is 0 Å². The molecule has 0 radical (unpaired) electrons. The van der Waals surface area contributed by atoms with Gasteiger partial charge in [-0.1, -0.05) is 11.6 Å². The van der Waals surface area contributed by atoms with Gasteiger partial charge >= 0.3 is 0 Å². The number of halogens is 1. The molecule has 1 fully saturated rings. The number of amides is 1. The lowest BCUT2D eigenvalue weighted by Crippen LogP contribution is -2.41. The van der Waals surface area contributed by atoms with Crippen molar-refractivity contribution < 1.29 is 14.6 Å². The fourth-order valence-electron chi connectivity index (χ4n) is 2.74. The number of nitrogens with zero attached hydrogens (tertiary/aromatic N) is 1. The second kappa shape index (κ2) is 6.86. The lowest BCUT2D eigenvalue weighted by atomic mass is 9.75. The van der Waals surface area contributed by atoms with Crippen molar-refractivity contribution in [1.29, 1.82) is 0 Å². The number of carbonyl (C=O) groups is 1. The van der Waals surface area contributed by atoms with Crippen molar-refractivity contribution in [2.24, 2.45) is 5.92 Å². The fourth-order valence-corrected chi connectivity index (χ4v) is 3.69. The van der Waals surface area contributed by atoms with E-state index in [0.29, 0.717) is 27.8 Å². The molecule has 0 spiro atoms. The van der Waals surface area contributed by atoms with E-state index in [1.165, 1.54) is 11.3 Å². The van der Waals surface area contributed by atoms with Crippen LogP contribution in [0, 0.1) is 5.92 Å². The molecule has 1 aliphatic carbocycles. The van der Waals surface area contributed by atoms with Gasteiger partial charge in [-0.05, 0) is 42.5 Å². The monoisotopic (exact) mass is 352 g/mol. The van der Waals surface area contributed by atoms with Crippen molar-refractivity contribution in [1.82, 2.24) is 10.3 Å². The Kier molecular flexibility index (Phi) is 4.84. The Morgan fingerprint density at radius 1 is 1.48 bits per heavy atom. The van der Waals surface area contributed by atoms with Crippen molar-refractivity contribution in [3.8, 4) is 5.75 Å². The maximum Gasteiger partial charge on any atom is 0.261 e. The summed E-state index contributed by atoms with van der Waals surface area (Å²) in [7, 11) is 1.58. The molecule has 2 aromatic heterocycles. The van der Waals surface area contributed by atoms with Crippen LogP contribution in [0.25, 0.3) is 0 Å². The lowest BCUT2D eigenvalue weighted by molar-refractivity contribution is 0.0235. The van der Waals surface area contributed by atoms with Crippen molar-refractivity contribution >= 4 is 28.8 Å². The van der Waals surface area contributed by atoms with Crippen LogP contribution in [0.3, 0.4) is 0 Å². The summed E-state index contributed by atoms with van der Waals surface area (Å²) in [6.45, 7) is 0. The van der Waals surface area contributed by atoms with Gasteiger partial charge in [-0.15, -0.1) is 11.3 Å². The van der Waals surface area contributed by atoms with Gasteiger partial charge in [-0.3, -0.25) is 9.78 Å². The summed E-state index contributed by atoms with van der Waals surface area (Å²) in [5.74, 6) is 0.648. The summed E-state index contributed by atoms with van der Waals surface area (Å²) in [5, 5.41) is 12.6. The molecule has 1 atom stereocenters. The van der Waals surface area contributed by atoms with Crippen LogP contribution < -0.4 is 10.1 Å². The van der Waals surface area contributed by atoms with E-state index in [1.54, 1.807) is 31.6 Å². The summed E-state index contributed by atoms with van der Waals surface area (Å²) in [5.41, 5.74) is 0.872. The first kappa shape index (κ1) is 16.2. The molecule has 0 aliphatic heterocycles. The number of hydrogen-bond acceptors (Lipinski definition) is 5. The summed E-state index contributed by atoms with van der Waals surface area (Å²) in [6.07, 6.45) is 4.37. The molecule has 1 saturated carbocycles. The highest BCUT2D eigenvalue weighted by Crippen LogP contribution is 2.39. The van der Waals surface area contributed by atoms with E-state index in [-0.39, 0.29) is 24.0 Å². The maximum absolute atomic E-state index is 12.4. The van der Waals surface area contributed by atoms with E-state index in [0.717, 1.165) is 5.56 Å². The van der Waals surface area contributed by atoms with Gasteiger partial charge in [0.1, 0.15) is 5.75 Å². The third kappa shape index (κ3) is 3.65. The Labute approximate surface area is 143 Å². The number of aromatic nitrogens is 1. The second-order valence-corrected chi connectivity index (χ2v) is 7.31. The van der Waals surface area contributed by atoms with Crippen molar-refractivity contribution in [3.63, 3.8) is 0 Å². The van der Waals surface area contributed by atoms with Gasteiger partial charge < -0.3 is 15.2 Å². The summed E-state index contributed by atoms with van der Waals surface area (Å²) >= 11 is 7.14. The van der Waals surface area contributed by atoms with E-state index in [1.807, 2.05) is 6.07 Å². The molecule has 23 heavy (non-hydrogen) atoms. The predicted octanol–water partition coefficient (Wildman–Crippen LogP) is 3.05. The second-order valence-electron chi connectivity index (χ2n) is 5.60. The molecule has 0 saturated heterocycles. The van der Waals surface area contributed by atoms with Crippen molar-refractivity contribution in [2.75, 3.05) is 7.11 Å². The van der Waals surface area contributed by atoms with Gasteiger partial charge in [0.25, 0.3) is 5.91 Å². The quantitative estimate of drug-likeness (QED) is 0.867. The molecular formula is C16H17ClN2O3S. The number of pyridine rings is 1. The Balaban J connectivity index is 1.82. The summed E-state index contributed by atoms with van der Waals surface area (Å²) < 4.78 is 5.79. The van der Waals surface area contributed by atoms with Gasteiger partial charge in [-0.2, -0.15) is 0 Å². The number of thiophene rings is 1. The normalized spacial score (nSPS) is 21.3. The van der Waals surface area contributed by atoms with Crippen LogP contribution in [-0.4, -0.2) is 29.2 Å². The topological polar surface area (TPSA) is 71.5 Å². The van der Waals surface area contributed by atoms with Crippen LogP contribution in [0.4, 0.5) is 0 Å². The van der Waals surface area contributed by atoms with E-state index in [4.69, 9.17) is 16.3 Å². The standard InChI is InChI=1S/C16H17ClN2O3S/c1-22-12-6-10(7-18-8-12)15(9-4-11(20)5-9)19-16(21)13-2-3-14(17)23-13/h2-3,6-9,11,15,20H,4-5H2,1H3,(H,19,21)/t9?,11?,15-/m1/s1. The Hall–Kier alpha value is -1.63. The molecule has 122 valence electrons. The number of hydrogen-bond donors (Lipinski definition) is 2. The van der Waals surface area contributed by atoms with Crippen LogP contribution in [0.15, 0.2) is 30.6 Å². The van der Waals surface area contributed by atoms with E-state index in [2.05, 4.69) is 10.3 Å². The zero-order valence-electron chi connectivity index (χ0n) is 12.5. The SMILES string of the molecule is COc1cncc([C@H](NC(=O)c2ccc(Cl)s2)C2CC(O)C2)c1. The van der Waals surface area contributed by atoms with Gasteiger partial charge in [0, 0.05) is 6.20 Å². The first-order valence-corrected chi connectivity index (χ1v) is 8.49. The van der Waals surface area contributed by atoms with Crippen LogP contribution in [0.5, 0.6) is 5.75 Å². The smallest absolute Gasteiger partial charge is 0.261 e. The first-order valence-electron chi connectivity index (χ1n) is 7.30. The Bertz CT molecular complexity index is 700. The minimum atomic E-state index is -0.297. The van der Waals surface area contributed by atoms with Crippen LogP contribution in [0.2, 0.25) is 4.34 Å². The highest BCUT2D eigenvalue weighted by molar-refractivity contribution is 7.17. The molecule has 0 aromatic carbocycles. The Morgan fingerprint density at radius 2 is 2.26 bits per heavy atom. The zero-order chi connectivity index (χ0) is 16.4. The average Bonchev–Trinajstić information content (AvgIpc) is 2.96. The molecular weight excluding hydrogens is 336 g/mol. The number of aliphatic hydroxyl groups is 1. The van der Waals surface area contributed by atoms with Crippen molar-refractivity contribution in [3.05, 3.63) is 45.4 Å². The molecule has 2 N–H and O–H groups in total. The van der Waals surface area contributed by atoms with E-state index in [9.17, 15) is 9.90 Å². The third-order valence-electron chi connectivity index (χ3n) is 4.03. The fraction of sp³-hybridized carbons (Fsp3) is 0.375. The highest BCUT2D eigenvalue weighted by Gasteiger charge is 2.36. The van der Waals surface area contributed by atoms with Gasteiger partial charge in [-0.25, -0.2) is 0 Å². The molecule has 0 unspecified atom stereocenters. The highest BCUT2D eigenvalue weighted by atomic mass is 35.5. The Morgan fingerprint density at radius 3 is 2.87 bits per heavy atom. The zero-order valence-corrected chi connectivity index (χ0v) is 14.1. The number of rotatable bonds is 5.